The molecule has 1 aliphatic rings. The Morgan fingerprint density at radius 3 is 2.10 bits per heavy atom. The third kappa shape index (κ3) is 5.39. The number of pyridine rings is 1. The summed E-state index contributed by atoms with van der Waals surface area (Å²) in [6.45, 7) is 0.723. The summed E-state index contributed by atoms with van der Waals surface area (Å²) in [4.78, 5) is 11.6. The van der Waals surface area contributed by atoms with Gasteiger partial charge in [-0.15, -0.1) is 45.1 Å². The maximum absolute atomic E-state index is 4.84. The van der Waals surface area contributed by atoms with E-state index in [2.05, 4.69) is 172 Å². The Labute approximate surface area is 298 Å². The van der Waals surface area contributed by atoms with E-state index in [1.807, 2.05) is 12.3 Å². The molecule has 0 spiro atoms. The molecule has 9 rings (SSSR count). The molecule has 3 heterocycles. The Kier molecular flexibility index (Phi) is 8.09. The van der Waals surface area contributed by atoms with Crippen LogP contribution in [-0.2, 0) is 21.1 Å². The Morgan fingerprint density at radius 2 is 1.27 bits per heavy atom. The van der Waals surface area contributed by atoms with Crippen LogP contribution in [0.4, 0.5) is 22.7 Å². The summed E-state index contributed by atoms with van der Waals surface area (Å²) in [5.41, 5.74) is 9.01. The van der Waals surface area contributed by atoms with Crippen LogP contribution in [0.3, 0.4) is 0 Å². The topological polar surface area (TPSA) is 24.3 Å². The van der Waals surface area contributed by atoms with Crippen LogP contribution in [0.5, 0.6) is 0 Å². The van der Waals surface area contributed by atoms with Gasteiger partial charge in [-0.25, -0.2) is 4.98 Å². The summed E-state index contributed by atoms with van der Waals surface area (Å²) >= 11 is 1.68. The zero-order valence-electron chi connectivity index (χ0n) is 25.7. The average Bonchev–Trinajstić information content (AvgIpc) is 3.69. The van der Waals surface area contributed by atoms with Crippen LogP contribution in [0.25, 0.3) is 38.8 Å². The van der Waals surface area contributed by atoms with Crippen LogP contribution in [-0.4, -0.2) is 16.2 Å². The standard InChI is InChI=1S/C42H28N4S.Pt/c1-3-12-30(13-4-1)31-24-25-43-42(26-31)46-38-19-8-7-18-36(38)37-23-22-35(28-41(37)46)47-34-17-11-16-33(27-34)45-29-44(32-14-5-2-6-15-32)39-20-9-10-21-40(39)45;/h1-26H,29H2;/q-2;+2. The van der Waals surface area contributed by atoms with E-state index < -0.39 is 0 Å². The van der Waals surface area contributed by atoms with Crippen molar-refractivity contribution >= 4 is 56.3 Å². The second-order valence-corrected chi connectivity index (χ2v) is 12.6. The van der Waals surface area contributed by atoms with Crippen molar-refractivity contribution in [1.82, 2.24) is 9.55 Å². The Bertz CT molecular complexity index is 2390. The van der Waals surface area contributed by atoms with Gasteiger partial charge >= 0.3 is 21.1 Å². The Hall–Kier alpha value is -5.09. The minimum absolute atomic E-state index is 0. The molecule has 6 heteroatoms. The molecule has 0 fully saturated rings. The quantitative estimate of drug-likeness (QED) is 0.156. The third-order valence-corrected chi connectivity index (χ3v) is 9.63. The van der Waals surface area contributed by atoms with Crippen molar-refractivity contribution in [2.75, 3.05) is 16.5 Å². The minimum atomic E-state index is 0. The SMILES string of the molecule is [Pt+2].[c-]1c(Sc2[c-]c3c(cc2)c2ccccc2n3-c2cc(-c3ccccc3)ccn2)cccc1N1CN(c2ccccc2)c2ccccc21. The third-order valence-electron chi connectivity index (χ3n) is 8.72. The predicted molar refractivity (Wildman–Crippen MR) is 194 cm³/mol. The first-order chi connectivity index (χ1) is 23.3. The fraction of sp³-hybridized carbons (Fsp3) is 0.0238. The smallest absolute Gasteiger partial charge is 0.345 e. The summed E-state index contributed by atoms with van der Waals surface area (Å²) in [6, 6.07) is 60.6. The number of fused-ring (bicyclic) bond motifs is 4. The van der Waals surface area contributed by atoms with Gasteiger partial charge in [-0.05, 0) is 59.0 Å². The largest absolute Gasteiger partial charge is 2.00 e. The van der Waals surface area contributed by atoms with E-state index in [9.17, 15) is 0 Å². The fourth-order valence-electron chi connectivity index (χ4n) is 6.54. The molecule has 0 bridgehead atoms. The van der Waals surface area contributed by atoms with Gasteiger partial charge in [0, 0.05) is 17.4 Å². The zero-order chi connectivity index (χ0) is 31.2. The van der Waals surface area contributed by atoms with Gasteiger partial charge in [0.1, 0.15) is 5.82 Å². The maximum atomic E-state index is 4.84. The number of para-hydroxylation sites is 4. The molecule has 2 aromatic heterocycles. The number of aromatic nitrogens is 2. The van der Waals surface area contributed by atoms with Crippen molar-refractivity contribution in [2.45, 2.75) is 9.79 Å². The van der Waals surface area contributed by atoms with Gasteiger partial charge in [0.05, 0.1) is 18.0 Å². The van der Waals surface area contributed by atoms with Gasteiger partial charge < -0.3 is 14.4 Å². The summed E-state index contributed by atoms with van der Waals surface area (Å²) in [5, 5.41) is 2.34. The Morgan fingerprint density at radius 1 is 0.562 bits per heavy atom. The van der Waals surface area contributed by atoms with E-state index in [1.54, 1.807) is 11.8 Å². The summed E-state index contributed by atoms with van der Waals surface area (Å²) < 4.78 is 2.24. The summed E-state index contributed by atoms with van der Waals surface area (Å²) in [5.74, 6) is 0.875. The van der Waals surface area contributed by atoms with Crippen LogP contribution in [0, 0.1) is 12.1 Å². The van der Waals surface area contributed by atoms with Gasteiger partial charge in [-0.3, -0.25) is 0 Å². The molecule has 0 unspecified atom stereocenters. The van der Waals surface area contributed by atoms with E-state index in [0.29, 0.717) is 0 Å². The molecule has 0 amide bonds. The van der Waals surface area contributed by atoms with Crippen molar-refractivity contribution in [2.24, 2.45) is 0 Å². The summed E-state index contributed by atoms with van der Waals surface area (Å²) in [6.07, 6.45) is 1.90. The number of nitrogens with zero attached hydrogens (tertiary/aromatic N) is 4. The van der Waals surface area contributed by atoms with E-state index in [-0.39, 0.29) is 21.1 Å². The van der Waals surface area contributed by atoms with Crippen molar-refractivity contribution in [1.29, 1.82) is 0 Å². The molecular weight excluding hydrogens is 788 g/mol. The second kappa shape index (κ2) is 12.8. The monoisotopic (exact) mass is 815 g/mol. The van der Waals surface area contributed by atoms with Gasteiger partial charge in [-0.2, -0.15) is 24.3 Å². The fourth-order valence-corrected chi connectivity index (χ4v) is 7.37. The number of hydrogen-bond acceptors (Lipinski definition) is 4. The van der Waals surface area contributed by atoms with Crippen molar-refractivity contribution < 1.29 is 21.1 Å². The van der Waals surface area contributed by atoms with Crippen LogP contribution >= 0.6 is 11.8 Å². The molecule has 0 atom stereocenters. The van der Waals surface area contributed by atoms with E-state index in [4.69, 9.17) is 4.98 Å². The molecule has 48 heavy (non-hydrogen) atoms. The van der Waals surface area contributed by atoms with Crippen LogP contribution in [0.2, 0.25) is 0 Å². The molecule has 232 valence electrons. The number of rotatable bonds is 6. The van der Waals surface area contributed by atoms with Gasteiger partial charge in [-0.1, -0.05) is 90.1 Å². The Balaban J connectivity index is 0.00000336. The molecule has 6 aromatic carbocycles. The molecule has 4 nitrogen and oxygen atoms in total. The first-order valence-electron chi connectivity index (χ1n) is 15.7. The predicted octanol–water partition coefficient (Wildman–Crippen LogP) is 10.8. The second-order valence-electron chi connectivity index (χ2n) is 11.5. The molecule has 8 aromatic rings. The van der Waals surface area contributed by atoms with Crippen LogP contribution in [0.1, 0.15) is 0 Å². The summed E-state index contributed by atoms with van der Waals surface area (Å²) in [7, 11) is 0. The average molecular weight is 816 g/mol. The van der Waals surface area contributed by atoms with Crippen molar-refractivity contribution in [3.63, 3.8) is 0 Å². The molecule has 0 radical (unpaired) electrons. The minimum Gasteiger partial charge on any atom is -0.345 e. The normalized spacial score (nSPS) is 12.3. The van der Waals surface area contributed by atoms with E-state index in [0.717, 1.165) is 49.9 Å². The van der Waals surface area contributed by atoms with Gasteiger partial charge in [0.2, 0.25) is 0 Å². The molecule has 0 N–H and O–H groups in total. The van der Waals surface area contributed by atoms with E-state index in [1.165, 1.54) is 28.0 Å². The number of benzene rings is 6. The maximum Gasteiger partial charge on any atom is 2.00 e. The zero-order valence-corrected chi connectivity index (χ0v) is 28.8. The first kappa shape index (κ1) is 30.3. The van der Waals surface area contributed by atoms with E-state index >= 15 is 0 Å². The molecular formula is C42H28N4PtS. The molecule has 0 aliphatic carbocycles. The molecule has 0 saturated heterocycles. The number of hydrogen-bond donors (Lipinski definition) is 0. The molecule has 0 saturated carbocycles. The van der Waals surface area contributed by atoms with Crippen LogP contribution < -0.4 is 9.80 Å². The van der Waals surface area contributed by atoms with Crippen molar-refractivity contribution in [3.05, 3.63) is 170 Å². The molecule has 1 aliphatic heterocycles. The first-order valence-corrected chi connectivity index (χ1v) is 16.5. The number of anilines is 4. The van der Waals surface area contributed by atoms with Crippen molar-refractivity contribution in [3.8, 4) is 16.9 Å². The van der Waals surface area contributed by atoms with Crippen LogP contribution in [0.15, 0.2) is 168 Å². The van der Waals surface area contributed by atoms with Gasteiger partial charge in [0.25, 0.3) is 0 Å². The van der Waals surface area contributed by atoms with Gasteiger partial charge in [0.15, 0.2) is 0 Å².